The van der Waals surface area contributed by atoms with E-state index in [9.17, 15) is 13.2 Å². The van der Waals surface area contributed by atoms with Crippen molar-refractivity contribution in [2.24, 2.45) is 0 Å². The van der Waals surface area contributed by atoms with Crippen LogP contribution in [0.5, 0.6) is 0 Å². The molecule has 1 aliphatic heterocycles. The van der Waals surface area contributed by atoms with Crippen molar-refractivity contribution < 1.29 is 13.2 Å². The van der Waals surface area contributed by atoms with Gasteiger partial charge in [0.1, 0.15) is 0 Å². The van der Waals surface area contributed by atoms with Gasteiger partial charge in [0.25, 0.3) is 5.91 Å². The highest BCUT2D eigenvalue weighted by molar-refractivity contribution is 7.89. The second-order valence-electron chi connectivity index (χ2n) is 7.30. The standard InChI is InChI=1S/C21H26ClN3O3S/c1-24(2)29(27,28)17-11-9-16(10-12-17)21(26)23-15-20(25-13-5-6-14-25)18-7-3-4-8-19(18)22/h3-4,7-12,20H,5-6,13-15H2,1-2H3,(H,23,26)/t20-/m1/s1. The molecular weight excluding hydrogens is 410 g/mol. The van der Waals surface area contributed by atoms with E-state index in [0.717, 1.165) is 35.8 Å². The molecule has 6 nitrogen and oxygen atoms in total. The van der Waals surface area contributed by atoms with Crippen molar-refractivity contribution in [3.05, 3.63) is 64.7 Å². The van der Waals surface area contributed by atoms with Crippen LogP contribution in [0.2, 0.25) is 5.02 Å². The Morgan fingerprint density at radius 2 is 1.72 bits per heavy atom. The van der Waals surface area contributed by atoms with Gasteiger partial charge in [-0.3, -0.25) is 9.69 Å². The highest BCUT2D eigenvalue weighted by Gasteiger charge is 2.26. The molecule has 0 spiro atoms. The number of carbonyl (C=O) groups is 1. The van der Waals surface area contributed by atoms with Gasteiger partial charge in [0.2, 0.25) is 10.0 Å². The van der Waals surface area contributed by atoms with Crippen LogP contribution in [-0.2, 0) is 10.0 Å². The molecule has 0 unspecified atom stereocenters. The number of rotatable bonds is 7. The number of halogens is 1. The van der Waals surface area contributed by atoms with Gasteiger partial charge in [-0.25, -0.2) is 12.7 Å². The Labute approximate surface area is 177 Å². The van der Waals surface area contributed by atoms with Crippen LogP contribution in [-0.4, -0.2) is 57.3 Å². The molecule has 1 aliphatic rings. The minimum absolute atomic E-state index is 0.00328. The number of nitrogens with one attached hydrogen (secondary N) is 1. The van der Waals surface area contributed by atoms with E-state index >= 15 is 0 Å². The summed E-state index contributed by atoms with van der Waals surface area (Å²) in [5.41, 5.74) is 1.42. The molecule has 0 radical (unpaired) electrons. The third kappa shape index (κ3) is 4.98. The maximum atomic E-state index is 12.7. The molecule has 0 bridgehead atoms. The fourth-order valence-corrected chi connectivity index (χ4v) is 4.68. The fraction of sp³-hybridized carbons (Fsp3) is 0.381. The number of hydrogen-bond donors (Lipinski definition) is 1. The van der Waals surface area contributed by atoms with Crippen LogP contribution in [0, 0.1) is 0 Å². The lowest BCUT2D eigenvalue weighted by atomic mass is 10.0. The topological polar surface area (TPSA) is 69.7 Å². The number of sulfonamides is 1. The van der Waals surface area contributed by atoms with Crippen molar-refractivity contribution in [1.29, 1.82) is 0 Å². The number of amides is 1. The van der Waals surface area contributed by atoms with E-state index in [0.29, 0.717) is 17.1 Å². The molecule has 29 heavy (non-hydrogen) atoms. The van der Waals surface area contributed by atoms with Crippen molar-refractivity contribution in [2.75, 3.05) is 33.7 Å². The maximum Gasteiger partial charge on any atom is 0.251 e. The van der Waals surface area contributed by atoms with Crippen LogP contribution < -0.4 is 5.32 Å². The molecule has 1 atom stereocenters. The summed E-state index contributed by atoms with van der Waals surface area (Å²) in [7, 11) is -0.566. The molecule has 1 amide bonds. The molecule has 1 N–H and O–H groups in total. The predicted molar refractivity (Wildman–Crippen MR) is 115 cm³/mol. The third-order valence-corrected chi connectivity index (χ3v) is 7.37. The summed E-state index contributed by atoms with van der Waals surface area (Å²) in [6.45, 7) is 2.38. The molecule has 3 rings (SSSR count). The minimum Gasteiger partial charge on any atom is -0.350 e. The van der Waals surface area contributed by atoms with E-state index < -0.39 is 10.0 Å². The Morgan fingerprint density at radius 1 is 1.10 bits per heavy atom. The van der Waals surface area contributed by atoms with Crippen molar-refractivity contribution >= 4 is 27.5 Å². The fourth-order valence-electron chi connectivity index (χ4n) is 3.51. The SMILES string of the molecule is CN(C)S(=O)(=O)c1ccc(C(=O)NC[C@H](c2ccccc2Cl)N2CCCC2)cc1. The van der Waals surface area contributed by atoms with E-state index in [1.807, 2.05) is 24.3 Å². The Balaban J connectivity index is 1.73. The van der Waals surface area contributed by atoms with Crippen LogP contribution in [0.3, 0.4) is 0 Å². The average molecular weight is 436 g/mol. The molecule has 8 heteroatoms. The van der Waals surface area contributed by atoms with Gasteiger partial charge in [-0.05, 0) is 61.8 Å². The van der Waals surface area contributed by atoms with Crippen LogP contribution >= 0.6 is 11.6 Å². The molecule has 1 saturated heterocycles. The highest BCUT2D eigenvalue weighted by Crippen LogP contribution is 2.29. The summed E-state index contributed by atoms with van der Waals surface area (Å²) >= 11 is 6.42. The van der Waals surface area contributed by atoms with E-state index in [-0.39, 0.29) is 16.8 Å². The first-order valence-electron chi connectivity index (χ1n) is 9.60. The van der Waals surface area contributed by atoms with Gasteiger partial charge in [0.05, 0.1) is 10.9 Å². The normalized spacial score (nSPS) is 16.1. The van der Waals surface area contributed by atoms with Gasteiger partial charge in [-0.15, -0.1) is 0 Å². The molecule has 156 valence electrons. The molecule has 0 aliphatic carbocycles. The van der Waals surface area contributed by atoms with Crippen molar-refractivity contribution in [2.45, 2.75) is 23.8 Å². The lowest BCUT2D eigenvalue weighted by Crippen LogP contribution is -2.37. The quantitative estimate of drug-likeness (QED) is 0.725. The lowest BCUT2D eigenvalue weighted by molar-refractivity contribution is 0.0938. The van der Waals surface area contributed by atoms with Crippen LogP contribution in [0.4, 0.5) is 0 Å². The minimum atomic E-state index is -3.52. The van der Waals surface area contributed by atoms with Crippen molar-refractivity contribution in [3.8, 4) is 0 Å². The average Bonchev–Trinajstić information content (AvgIpc) is 3.24. The van der Waals surface area contributed by atoms with E-state index in [2.05, 4.69) is 10.2 Å². The first kappa shape index (κ1) is 21.8. The molecule has 2 aromatic carbocycles. The van der Waals surface area contributed by atoms with Gasteiger partial charge in [0, 0.05) is 31.2 Å². The molecule has 0 saturated carbocycles. The second kappa shape index (κ2) is 9.26. The zero-order chi connectivity index (χ0) is 21.0. The largest absolute Gasteiger partial charge is 0.350 e. The molecule has 0 aromatic heterocycles. The van der Waals surface area contributed by atoms with Crippen LogP contribution in [0.1, 0.15) is 34.8 Å². The monoisotopic (exact) mass is 435 g/mol. The summed E-state index contributed by atoms with van der Waals surface area (Å²) < 4.78 is 25.5. The van der Waals surface area contributed by atoms with Crippen LogP contribution in [0.15, 0.2) is 53.4 Å². The van der Waals surface area contributed by atoms with Crippen molar-refractivity contribution in [1.82, 2.24) is 14.5 Å². The predicted octanol–water partition coefficient (Wildman–Crippen LogP) is 3.16. The summed E-state index contributed by atoms with van der Waals surface area (Å²) in [6.07, 6.45) is 2.27. The molecule has 1 fully saturated rings. The van der Waals surface area contributed by atoms with E-state index in [1.165, 1.54) is 38.4 Å². The smallest absolute Gasteiger partial charge is 0.251 e. The Kier molecular flexibility index (Phi) is 6.95. The summed E-state index contributed by atoms with van der Waals surface area (Å²) in [5, 5.41) is 3.68. The number of carbonyl (C=O) groups excluding carboxylic acids is 1. The van der Waals surface area contributed by atoms with Gasteiger partial charge >= 0.3 is 0 Å². The van der Waals surface area contributed by atoms with Gasteiger partial charge in [-0.2, -0.15) is 0 Å². The lowest BCUT2D eigenvalue weighted by Gasteiger charge is -2.29. The number of benzene rings is 2. The Hall–Kier alpha value is -1.93. The first-order chi connectivity index (χ1) is 13.8. The van der Waals surface area contributed by atoms with E-state index in [1.54, 1.807) is 0 Å². The first-order valence-corrected chi connectivity index (χ1v) is 11.4. The Bertz CT molecular complexity index is 955. The van der Waals surface area contributed by atoms with Gasteiger partial charge in [-0.1, -0.05) is 29.8 Å². The third-order valence-electron chi connectivity index (χ3n) is 5.20. The van der Waals surface area contributed by atoms with E-state index in [4.69, 9.17) is 11.6 Å². The van der Waals surface area contributed by atoms with Gasteiger partial charge < -0.3 is 5.32 Å². The van der Waals surface area contributed by atoms with Crippen molar-refractivity contribution in [3.63, 3.8) is 0 Å². The summed E-state index contributed by atoms with van der Waals surface area (Å²) in [4.78, 5) is 15.2. The number of hydrogen-bond acceptors (Lipinski definition) is 4. The molecule has 1 heterocycles. The number of likely N-dealkylation sites (tertiary alicyclic amines) is 1. The summed E-state index contributed by atoms with van der Waals surface area (Å²) in [5.74, 6) is -0.241. The zero-order valence-corrected chi connectivity index (χ0v) is 18.2. The second-order valence-corrected chi connectivity index (χ2v) is 9.86. The molecule has 2 aromatic rings. The number of nitrogens with zero attached hydrogens (tertiary/aromatic N) is 2. The zero-order valence-electron chi connectivity index (χ0n) is 16.6. The maximum absolute atomic E-state index is 12.7. The Morgan fingerprint density at radius 3 is 2.31 bits per heavy atom. The van der Waals surface area contributed by atoms with Gasteiger partial charge in [0.15, 0.2) is 0 Å². The highest BCUT2D eigenvalue weighted by atomic mass is 35.5. The van der Waals surface area contributed by atoms with Crippen LogP contribution in [0.25, 0.3) is 0 Å². The summed E-state index contributed by atoms with van der Waals surface area (Å²) in [6, 6.07) is 13.7. The molecular formula is C21H26ClN3O3S.